The van der Waals surface area contributed by atoms with E-state index in [0.717, 1.165) is 22.3 Å². The van der Waals surface area contributed by atoms with Crippen molar-refractivity contribution in [3.63, 3.8) is 0 Å². The van der Waals surface area contributed by atoms with Gasteiger partial charge in [0.05, 0.1) is 6.33 Å². The average molecular weight is 566 g/mol. The van der Waals surface area contributed by atoms with Crippen molar-refractivity contribution in [1.82, 2.24) is 19.5 Å². The van der Waals surface area contributed by atoms with Crippen LogP contribution in [0, 0.1) is 13.8 Å². The molecule has 0 unspecified atom stereocenters. The molecular weight excluding hydrogens is 530 g/mol. The predicted molar refractivity (Wildman–Crippen MR) is 149 cm³/mol. The van der Waals surface area contributed by atoms with Crippen LogP contribution in [-0.2, 0) is 39.9 Å². The SMILES string of the molecule is C=C(C)CN(Cc1cc(C)ccc1C)c1ncnc2c1ncn2[C@@H]1O[C@H](COC(C)=O)[C@@H](OC(C)=O)[C@H]1OC(C)=O. The lowest BCUT2D eigenvalue weighted by Gasteiger charge is -2.25. The van der Waals surface area contributed by atoms with Gasteiger partial charge in [-0.1, -0.05) is 35.9 Å². The van der Waals surface area contributed by atoms with E-state index >= 15 is 0 Å². The van der Waals surface area contributed by atoms with Crippen LogP contribution in [0.1, 0.15) is 50.6 Å². The second kappa shape index (κ2) is 12.5. The number of ether oxygens (including phenoxy) is 4. The van der Waals surface area contributed by atoms with Crippen LogP contribution in [0.4, 0.5) is 5.82 Å². The van der Waals surface area contributed by atoms with Crippen LogP contribution in [0.2, 0.25) is 0 Å². The summed E-state index contributed by atoms with van der Waals surface area (Å²) in [6.07, 6.45) is -1.04. The fraction of sp³-hybridized carbons (Fsp3) is 0.448. The molecule has 0 bridgehead atoms. The number of fused-ring (bicyclic) bond motifs is 1. The Bertz CT molecular complexity index is 1470. The summed E-state index contributed by atoms with van der Waals surface area (Å²) in [4.78, 5) is 51.3. The summed E-state index contributed by atoms with van der Waals surface area (Å²) in [5.41, 5.74) is 5.30. The summed E-state index contributed by atoms with van der Waals surface area (Å²) >= 11 is 0. The van der Waals surface area contributed by atoms with Gasteiger partial charge in [0.2, 0.25) is 0 Å². The van der Waals surface area contributed by atoms with Crippen molar-refractivity contribution >= 4 is 34.9 Å². The number of nitrogens with zero attached hydrogens (tertiary/aromatic N) is 5. The van der Waals surface area contributed by atoms with Crippen molar-refractivity contribution < 1.29 is 33.3 Å². The Morgan fingerprint density at radius 1 is 1.00 bits per heavy atom. The maximum absolute atomic E-state index is 12.1. The standard InChI is InChI=1S/C29H35N5O7/c1-16(2)11-33(12-22-10-17(3)8-9-18(22)4)27-24-28(31-14-30-27)34(15-32-24)29-26(40-21(7)37)25(39-20(6)36)23(41-29)13-38-19(5)35/h8-10,14-15,23,25-26,29H,1,11-13H2,2-7H3/t23-,25-,26-,29-/m1/s1. The molecule has 12 heteroatoms. The lowest BCUT2D eigenvalue weighted by molar-refractivity contribution is -0.166. The van der Waals surface area contributed by atoms with Gasteiger partial charge in [-0.15, -0.1) is 0 Å². The van der Waals surface area contributed by atoms with E-state index < -0.39 is 42.4 Å². The molecule has 1 fully saturated rings. The number of hydrogen-bond donors (Lipinski definition) is 0. The van der Waals surface area contributed by atoms with Gasteiger partial charge in [0.1, 0.15) is 19.0 Å². The van der Waals surface area contributed by atoms with Crippen molar-refractivity contribution in [2.24, 2.45) is 0 Å². The van der Waals surface area contributed by atoms with E-state index in [4.69, 9.17) is 18.9 Å². The fourth-order valence-electron chi connectivity index (χ4n) is 4.88. The molecule has 1 aromatic carbocycles. The van der Waals surface area contributed by atoms with Crippen molar-refractivity contribution in [2.45, 2.75) is 72.6 Å². The fourth-order valence-corrected chi connectivity index (χ4v) is 4.88. The first-order chi connectivity index (χ1) is 19.4. The lowest BCUT2D eigenvalue weighted by atomic mass is 10.0. The highest BCUT2D eigenvalue weighted by Gasteiger charge is 2.51. The highest BCUT2D eigenvalue weighted by molar-refractivity contribution is 5.83. The van der Waals surface area contributed by atoms with E-state index in [2.05, 4.69) is 58.5 Å². The normalized spacial score (nSPS) is 20.0. The van der Waals surface area contributed by atoms with Crippen LogP contribution in [0.25, 0.3) is 11.2 Å². The molecule has 41 heavy (non-hydrogen) atoms. The molecule has 0 radical (unpaired) electrons. The van der Waals surface area contributed by atoms with Crippen molar-refractivity contribution in [2.75, 3.05) is 18.1 Å². The van der Waals surface area contributed by atoms with E-state index in [-0.39, 0.29) is 6.61 Å². The number of hydrogen-bond acceptors (Lipinski definition) is 11. The first-order valence-electron chi connectivity index (χ1n) is 13.2. The van der Waals surface area contributed by atoms with Crippen molar-refractivity contribution in [3.8, 4) is 0 Å². The third-order valence-corrected chi connectivity index (χ3v) is 6.58. The van der Waals surface area contributed by atoms with E-state index in [9.17, 15) is 14.4 Å². The molecule has 0 N–H and O–H groups in total. The average Bonchev–Trinajstić information content (AvgIpc) is 3.45. The monoisotopic (exact) mass is 565 g/mol. The molecule has 12 nitrogen and oxygen atoms in total. The number of aryl methyl sites for hydroxylation is 2. The number of anilines is 1. The minimum atomic E-state index is -1.06. The first kappa shape index (κ1) is 29.7. The van der Waals surface area contributed by atoms with E-state index in [1.54, 1.807) is 4.57 Å². The van der Waals surface area contributed by atoms with Gasteiger partial charge in [-0.05, 0) is 31.9 Å². The molecule has 218 valence electrons. The number of carbonyl (C=O) groups excluding carboxylic acids is 3. The highest BCUT2D eigenvalue weighted by atomic mass is 16.7. The number of rotatable bonds is 10. The Labute approximate surface area is 238 Å². The number of esters is 3. The Kier molecular flexibility index (Phi) is 9.01. The number of imidazole rings is 1. The largest absolute Gasteiger partial charge is 0.463 e. The van der Waals surface area contributed by atoms with E-state index in [1.165, 1.54) is 33.4 Å². The third kappa shape index (κ3) is 6.88. The summed E-state index contributed by atoms with van der Waals surface area (Å²) in [6.45, 7) is 14.8. The molecule has 3 heterocycles. The molecule has 1 aliphatic rings. The summed E-state index contributed by atoms with van der Waals surface area (Å²) in [5.74, 6) is -1.15. The smallest absolute Gasteiger partial charge is 0.303 e. The topological polar surface area (TPSA) is 135 Å². The highest BCUT2D eigenvalue weighted by Crippen LogP contribution is 2.37. The Morgan fingerprint density at radius 2 is 1.71 bits per heavy atom. The summed E-state index contributed by atoms with van der Waals surface area (Å²) in [5, 5.41) is 0. The van der Waals surface area contributed by atoms with Crippen LogP contribution < -0.4 is 4.90 Å². The van der Waals surface area contributed by atoms with Gasteiger partial charge in [-0.3, -0.25) is 19.0 Å². The van der Waals surface area contributed by atoms with Crippen LogP contribution >= 0.6 is 0 Å². The minimum Gasteiger partial charge on any atom is -0.463 e. The van der Waals surface area contributed by atoms with Gasteiger partial charge >= 0.3 is 17.9 Å². The Morgan fingerprint density at radius 3 is 2.37 bits per heavy atom. The zero-order valence-electron chi connectivity index (χ0n) is 24.1. The van der Waals surface area contributed by atoms with Crippen LogP contribution in [0.3, 0.4) is 0 Å². The minimum absolute atomic E-state index is 0.212. The molecule has 4 rings (SSSR count). The molecule has 0 amide bonds. The van der Waals surface area contributed by atoms with Crippen molar-refractivity contribution in [1.29, 1.82) is 0 Å². The van der Waals surface area contributed by atoms with Crippen LogP contribution in [0.5, 0.6) is 0 Å². The van der Waals surface area contributed by atoms with Crippen LogP contribution in [-0.4, -0.2) is 68.9 Å². The molecule has 4 atom stereocenters. The van der Waals surface area contributed by atoms with E-state index in [0.29, 0.717) is 30.1 Å². The number of benzene rings is 1. The van der Waals surface area contributed by atoms with Gasteiger partial charge in [0.25, 0.3) is 0 Å². The Hall–Kier alpha value is -4.32. The first-order valence-corrected chi connectivity index (χ1v) is 13.2. The molecule has 0 aliphatic carbocycles. The van der Waals surface area contributed by atoms with Crippen LogP contribution in [0.15, 0.2) is 43.0 Å². The van der Waals surface area contributed by atoms with Gasteiger partial charge < -0.3 is 23.8 Å². The second-order valence-corrected chi connectivity index (χ2v) is 10.3. The van der Waals surface area contributed by atoms with E-state index in [1.807, 2.05) is 6.92 Å². The van der Waals surface area contributed by atoms with Gasteiger partial charge in [-0.2, -0.15) is 0 Å². The number of carbonyl (C=O) groups is 3. The summed E-state index contributed by atoms with van der Waals surface area (Å²) in [6, 6.07) is 6.31. The lowest BCUT2D eigenvalue weighted by Crippen LogP contribution is -2.40. The third-order valence-electron chi connectivity index (χ3n) is 6.58. The number of aromatic nitrogens is 4. The Balaban J connectivity index is 1.76. The second-order valence-electron chi connectivity index (χ2n) is 10.3. The van der Waals surface area contributed by atoms with Crippen molar-refractivity contribution in [3.05, 3.63) is 59.7 Å². The summed E-state index contributed by atoms with van der Waals surface area (Å²) < 4.78 is 24.0. The molecule has 0 saturated carbocycles. The molecule has 2 aromatic heterocycles. The van der Waals surface area contributed by atoms with Gasteiger partial charge in [0.15, 0.2) is 35.4 Å². The molecular formula is C29H35N5O7. The maximum Gasteiger partial charge on any atom is 0.303 e. The molecule has 0 spiro atoms. The zero-order valence-corrected chi connectivity index (χ0v) is 24.1. The molecule has 3 aromatic rings. The van der Waals surface area contributed by atoms with Gasteiger partial charge in [-0.25, -0.2) is 15.0 Å². The predicted octanol–water partition coefficient (Wildman–Crippen LogP) is 3.35. The molecule has 1 aliphatic heterocycles. The maximum atomic E-state index is 12.1. The van der Waals surface area contributed by atoms with Gasteiger partial charge in [0, 0.05) is 33.9 Å². The molecule has 1 saturated heterocycles. The zero-order chi connectivity index (χ0) is 29.8. The quantitative estimate of drug-likeness (QED) is 0.203. The summed E-state index contributed by atoms with van der Waals surface area (Å²) in [7, 11) is 0.